The number of hydrogen-bond acceptors (Lipinski definition) is 3. The van der Waals surface area contributed by atoms with Crippen molar-refractivity contribution in [2.75, 3.05) is 13.2 Å². The van der Waals surface area contributed by atoms with Crippen molar-refractivity contribution in [3.63, 3.8) is 0 Å². The summed E-state index contributed by atoms with van der Waals surface area (Å²) in [5.74, 6) is 0. The van der Waals surface area contributed by atoms with E-state index < -0.39 is 5.60 Å². The highest BCUT2D eigenvalue weighted by atomic mass is 16.5. The highest BCUT2D eigenvalue weighted by Gasteiger charge is 2.32. The Morgan fingerprint density at radius 3 is 1.89 bits per heavy atom. The average molecular weight is 255 g/mol. The minimum Gasteiger partial charge on any atom is -0.387 e. The van der Waals surface area contributed by atoms with Gasteiger partial charge in [-0.15, -0.1) is 0 Å². The van der Waals surface area contributed by atoms with Gasteiger partial charge in [0.2, 0.25) is 0 Å². The molecule has 3 heteroatoms. The van der Waals surface area contributed by atoms with Gasteiger partial charge in [-0.25, -0.2) is 0 Å². The third-order valence-corrected chi connectivity index (χ3v) is 4.64. The summed E-state index contributed by atoms with van der Waals surface area (Å²) >= 11 is 0. The van der Waals surface area contributed by atoms with Crippen LogP contribution in [0.3, 0.4) is 0 Å². The Kier molecular flexibility index (Phi) is 5.05. The summed E-state index contributed by atoms with van der Waals surface area (Å²) in [5.41, 5.74) is 5.70. The van der Waals surface area contributed by atoms with Crippen molar-refractivity contribution in [1.82, 2.24) is 0 Å². The smallest absolute Gasteiger partial charge is 0.0880 e. The standard InChI is InChI=1S/C15H29NO2/c16-14(8-4-1-2-5-9-14)12-18-13-15(17)10-6-3-7-11-15/h17H,1-13,16H2. The van der Waals surface area contributed by atoms with Crippen molar-refractivity contribution >= 4 is 0 Å². The van der Waals surface area contributed by atoms with Crippen LogP contribution in [0, 0.1) is 0 Å². The van der Waals surface area contributed by atoms with Crippen LogP contribution in [0.25, 0.3) is 0 Å². The predicted octanol–water partition coefficient (Wildman–Crippen LogP) is 2.75. The van der Waals surface area contributed by atoms with E-state index in [1.54, 1.807) is 0 Å². The minimum atomic E-state index is -0.570. The molecule has 2 aliphatic carbocycles. The molecule has 106 valence electrons. The van der Waals surface area contributed by atoms with Gasteiger partial charge in [0.25, 0.3) is 0 Å². The van der Waals surface area contributed by atoms with Gasteiger partial charge in [-0.2, -0.15) is 0 Å². The Balaban J connectivity index is 1.73. The molecule has 0 aromatic carbocycles. The molecule has 18 heavy (non-hydrogen) atoms. The Bertz CT molecular complexity index is 241. The summed E-state index contributed by atoms with van der Waals surface area (Å²) in [6.45, 7) is 1.10. The maximum absolute atomic E-state index is 10.4. The van der Waals surface area contributed by atoms with E-state index in [0.29, 0.717) is 13.2 Å². The second kappa shape index (κ2) is 6.36. The van der Waals surface area contributed by atoms with Crippen LogP contribution in [0.4, 0.5) is 0 Å². The molecule has 0 spiro atoms. The van der Waals surface area contributed by atoms with Crippen LogP contribution < -0.4 is 5.73 Å². The second-order valence-electron chi connectivity index (χ2n) is 6.55. The van der Waals surface area contributed by atoms with Crippen molar-refractivity contribution in [2.24, 2.45) is 5.73 Å². The van der Waals surface area contributed by atoms with Crippen molar-refractivity contribution < 1.29 is 9.84 Å². The SMILES string of the molecule is NC1(COCC2(O)CCCCC2)CCCCCC1. The second-order valence-corrected chi connectivity index (χ2v) is 6.55. The monoisotopic (exact) mass is 255 g/mol. The number of rotatable bonds is 4. The molecular weight excluding hydrogens is 226 g/mol. The highest BCUT2D eigenvalue weighted by molar-refractivity contribution is 4.87. The van der Waals surface area contributed by atoms with E-state index in [1.807, 2.05) is 0 Å². The Hall–Kier alpha value is -0.120. The molecule has 0 heterocycles. The van der Waals surface area contributed by atoms with Crippen molar-refractivity contribution in [3.05, 3.63) is 0 Å². The molecule has 3 nitrogen and oxygen atoms in total. The minimum absolute atomic E-state index is 0.137. The fourth-order valence-corrected chi connectivity index (χ4v) is 3.38. The first-order valence-electron chi connectivity index (χ1n) is 7.71. The molecule has 2 aliphatic rings. The number of aliphatic hydroxyl groups is 1. The van der Waals surface area contributed by atoms with E-state index in [-0.39, 0.29) is 5.54 Å². The zero-order chi connectivity index (χ0) is 12.9. The van der Waals surface area contributed by atoms with Gasteiger partial charge in [0.1, 0.15) is 0 Å². The largest absolute Gasteiger partial charge is 0.387 e. The first-order valence-corrected chi connectivity index (χ1v) is 7.71. The van der Waals surface area contributed by atoms with E-state index in [2.05, 4.69) is 0 Å². The van der Waals surface area contributed by atoms with Gasteiger partial charge in [-0.05, 0) is 25.7 Å². The van der Waals surface area contributed by atoms with Crippen molar-refractivity contribution in [1.29, 1.82) is 0 Å². The summed E-state index contributed by atoms with van der Waals surface area (Å²) in [4.78, 5) is 0. The molecule has 0 radical (unpaired) electrons. The van der Waals surface area contributed by atoms with Crippen LogP contribution in [-0.2, 0) is 4.74 Å². The van der Waals surface area contributed by atoms with E-state index in [1.165, 1.54) is 32.1 Å². The topological polar surface area (TPSA) is 55.5 Å². The third kappa shape index (κ3) is 4.22. The van der Waals surface area contributed by atoms with Gasteiger partial charge in [-0.3, -0.25) is 0 Å². The molecule has 0 atom stereocenters. The Morgan fingerprint density at radius 1 is 0.778 bits per heavy atom. The quantitative estimate of drug-likeness (QED) is 0.759. The van der Waals surface area contributed by atoms with Gasteiger partial charge < -0.3 is 15.6 Å². The van der Waals surface area contributed by atoms with Gasteiger partial charge in [-0.1, -0.05) is 44.9 Å². The lowest BCUT2D eigenvalue weighted by Crippen LogP contribution is -2.46. The molecule has 2 fully saturated rings. The molecule has 2 rings (SSSR count). The molecule has 2 saturated carbocycles. The molecule has 0 aromatic rings. The first kappa shape index (κ1) is 14.3. The van der Waals surface area contributed by atoms with Crippen LogP contribution >= 0.6 is 0 Å². The molecule has 0 aromatic heterocycles. The zero-order valence-electron chi connectivity index (χ0n) is 11.6. The van der Waals surface area contributed by atoms with Crippen LogP contribution in [0.2, 0.25) is 0 Å². The van der Waals surface area contributed by atoms with Crippen LogP contribution in [0.1, 0.15) is 70.6 Å². The Labute approximate surface area is 111 Å². The number of nitrogens with two attached hydrogens (primary N) is 1. The molecular formula is C15H29NO2. The highest BCUT2D eigenvalue weighted by Crippen LogP contribution is 2.29. The molecule has 3 N–H and O–H groups in total. The van der Waals surface area contributed by atoms with Crippen LogP contribution in [0.5, 0.6) is 0 Å². The van der Waals surface area contributed by atoms with Gasteiger partial charge >= 0.3 is 0 Å². The summed E-state index contributed by atoms with van der Waals surface area (Å²) in [7, 11) is 0. The fourth-order valence-electron chi connectivity index (χ4n) is 3.38. The lowest BCUT2D eigenvalue weighted by molar-refractivity contribution is -0.0776. The number of hydrogen-bond donors (Lipinski definition) is 2. The zero-order valence-corrected chi connectivity index (χ0v) is 11.6. The van der Waals surface area contributed by atoms with Crippen molar-refractivity contribution in [2.45, 2.75) is 81.8 Å². The lowest BCUT2D eigenvalue weighted by atomic mass is 9.85. The molecule has 0 aliphatic heterocycles. The normalized spacial score (nSPS) is 27.7. The van der Waals surface area contributed by atoms with Crippen LogP contribution in [-0.4, -0.2) is 29.5 Å². The lowest BCUT2D eigenvalue weighted by Gasteiger charge is -2.34. The predicted molar refractivity (Wildman–Crippen MR) is 73.5 cm³/mol. The molecule has 0 amide bonds. The molecule has 0 bridgehead atoms. The maximum Gasteiger partial charge on any atom is 0.0880 e. The van der Waals surface area contributed by atoms with Crippen LogP contribution in [0.15, 0.2) is 0 Å². The van der Waals surface area contributed by atoms with Crippen molar-refractivity contribution in [3.8, 4) is 0 Å². The van der Waals surface area contributed by atoms with Gasteiger partial charge in [0, 0.05) is 5.54 Å². The van der Waals surface area contributed by atoms with Gasteiger partial charge in [0.05, 0.1) is 18.8 Å². The van der Waals surface area contributed by atoms with E-state index in [0.717, 1.165) is 38.5 Å². The molecule has 0 unspecified atom stereocenters. The summed E-state index contributed by atoms with van der Waals surface area (Å²) in [5, 5.41) is 10.4. The summed E-state index contributed by atoms with van der Waals surface area (Å²) in [6.07, 6.45) is 12.5. The average Bonchev–Trinajstić information content (AvgIpc) is 2.55. The maximum atomic E-state index is 10.4. The first-order chi connectivity index (χ1) is 8.62. The van der Waals surface area contributed by atoms with E-state index in [4.69, 9.17) is 10.5 Å². The van der Waals surface area contributed by atoms with Gasteiger partial charge in [0.15, 0.2) is 0 Å². The molecule has 0 saturated heterocycles. The Morgan fingerprint density at radius 2 is 1.28 bits per heavy atom. The third-order valence-electron chi connectivity index (χ3n) is 4.64. The summed E-state index contributed by atoms with van der Waals surface area (Å²) < 4.78 is 5.80. The van der Waals surface area contributed by atoms with E-state index in [9.17, 15) is 5.11 Å². The fraction of sp³-hybridized carbons (Fsp3) is 1.00. The van der Waals surface area contributed by atoms with E-state index >= 15 is 0 Å². The summed E-state index contributed by atoms with van der Waals surface area (Å²) in [6, 6.07) is 0. The number of ether oxygens (including phenoxy) is 1.